The first-order chi connectivity index (χ1) is 12.4. The third-order valence-electron chi connectivity index (χ3n) is 3.42. The summed E-state index contributed by atoms with van der Waals surface area (Å²) in [7, 11) is -6.00. The predicted octanol–water partition coefficient (Wildman–Crippen LogP) is 5.07. The topological polar surface area (TPSA) is 29.9 Å². The molecule has 0 atom stereocenters. The lowest BCUT2D eigenvalue weighted by Gasteiger charge is -1.96. The molecule has 2 aromatic carbocycles. The van der Waals surface area contributed by atoms with E-state index in [1.165, 1.54) is 0 Å². The van der Waals surface area contributed by atoms with Gasteiger partial charge in [-0.2, -0.15) is 4.57 Å². The average Bonchev–Trinajstić information content (AvgIpc) is 3.05. The molecule has 3 nitrogen and oxygen atoms in total. The number of nitrogens with zero attached hydrogens (tertiary/aromatic N) is 2. The SMILES string of the molecule is F[B-](F)(F)F.c1ccc(-[n+]2ccc(-c3nc4ccccc4o3)cc2)cc1. The minimum atomic E-state index is -6.00. The summed E-state index contributed by atoms with van der Waals surface area (Å²) in [5.41, 5.74) is 3.79. The summed E-state index contributed by atoms with van der Waals surface area (Å²) in [5, 5.41) is 0. The molecule has 0 bridgehead atoms. The number of para-hydroxylation sites is 3. The molecule has 0 N–H and O–H groups in total. The maximum absolute atomic E-state index is 9.75. The molecular weight excluding hydrogens is 347 g/mol. The fraction of sp³-hybridized carbons (Fsp3) is 0. The Bertz CT molecular complexity index is 946. The minimum Gasteiger partial charge on any atom is -0.436 e. The van der Waals surface area contributed by atoms with Crippen LogP contribution in [0.25, 0.3) is 28.2 Å². The highest BCUT2D eigenvalue weighted by atomic mass is 19.5. The first-order valence-corrected chi connectivity index (χ1v) is 7.70. The van der Waals surface area contributed by atoms with E-state index in [-0.39, 0.29) is 0 Å². The summed E-state index contributed by atoms with van der Waals surface area (Å²) in [5.74, 6) is 0.649. The molecule has 8 heteroatoms. The molecule has 4 rings (SSSR count). The van der Waals surface area contributed by atoms with Gasteiger partial charge in [-0.1, -0.05) is 30.3 Å². The number of hydrogen-bond donors (Lipinski definition) is 0. The van der Waals surface area contributed by atoms with Crippen LogP contribution >= 0.6 is 0 Å². The van der Waals surface area contributed by atoms with Crippen molar-refractivity contribution in [3.8, 4) is 17.1 Å². The molecule has 0 aliphatic heterocycles. The lowest BCUT2D eigenvalue weighted by molar-refractivity contribution is -0.595. The number of rotatable bonds is 2. The van der Waals surface area contributed by atoms with Gasteiger partial charge in [-0.05, 0) is 12.1 Å². The molecule has 132 valence electrons. The first-order valence-electron chi connectivity index (χ1n) is 7.70. The molecule has 2 heterocycles. The highest BCUT2D eigenvalue weighted by Gasteiger charge is 2.20. The van der Waals surface area contributed by atoms with Crippen LogP contribution in [0.15, 0.2) is 83.5 Å². The van der Waals surface area contributed by atoms with Crippen LogP contribution < -0.4 is 4.57 Å². The molecule has 0 aliphatic rings. The zero-order chi connectivity index (χ0) is 18.6. The number of pyridine rings is 1. The predicted molar refractivity (Wildman–Crippen MR) is 91.2 cm³/mol. The van der Waals surface area contributed by atoms with E-state index in [9.17, 15) is 17.3 Å². The van der Waals surface area contributed by atoms with Crippen LogP contribution in [0, 0.1) is 0 Å². The van der Waals surface area contributed by atoms with Crippen molar-refractivity contribution in [3.63, 3.8) is 0 Å². The van der Waals surface area contributed by atoms with Crippen molar-refractivity contribution in [2.24, 2.45) is 0 Å². The second-order valence-corrected chi connectivity index (χ2v) is 5.31. The fourth-order valence-electron chi connectivity index (χ4n) is 2.34. The van der Waals surface area contributed by atoms with Gasteiger partial charge < -0.3 is 21.7 Å². The zero-order valence-electron chi connectivity index (χ0n) is 13.4. The molecular formula is C18H13BF4N2O. The van der Waals surface area contributed by atoms with E-state index >= 15 is 0 Å². The normalized spacial score (nSPS) is 11.1. The smallest absolute Gasteiger partial charge is 0.436 e. The van der Waals surface area contributed by atoms with Gasteiger partial charge in [0.05, 0.1) is 0 Å². The second kappa shape index (κ2) is 7.39. The largest absolute Gasteiger partial charge is 0.673 e. The number of benzene rings is 2. The summed E-state index contributed by atoms with van der Waals surface area (Å²) in [6, 6.07) is 22.0. The van der Waals surface area contributed by atoms with Gasteiger partial charge in [0.25, 0.3) is 0 Å². The van der Waals surface area contributed by atoms with Gasteiger partial charge in [-0.25, -0.2) is 4.98 Å². The summed E-state index contributed by atoms with van der Waals surface area (Å²) in [6.07, 6.45) is 4.03. The van der Waals surface area contributed by atoms with Crippen molar-refractivity contribution in [1.82, 2.24) is 4.98 Å². The summed E-state index contributed by atoms with van der Waals surface area (Å²) >= 11 is 0. The van der Waals surface area contributed by atoms with Gasteiger partial charge in [-0.3, -0.25) is 0 Å². The lowest BCUT2D eigenvalue weighted by Crippen LogP contribution is -2.28. The van der Waals surface area contributed by atoms with E-state index in [0.29, 0.717) is 5.89 Å². The minimum absolute atomic E-state index is 0.649. The molecule has 0 fully saturated rings. The van der Waals surface area contributed by atoms with Gasteiger partial charge in [0.2, 0.25) is 11.6 Å². The van der Waals surface area contributed by atoms with Gasteiger partial charge in [0.1, 0.15) is 5.52 Å². The molecule has 2 aromatic heterocycles. The van der Waals surface area contributed by atoms with E-state index in [1.807, 2.05) is 67.0 Å². The fourth-order valence-corrected chi connectivity index (χ4v) is 2.34. The van der Waals surface area contributed by atoms with Crippen molar-refractivity contribution >= 4 is 18.4 Å². The summed E-state index contributed by atoms with van der Waals surface area (Å²) in [4.78, 5) is 4.51. The van der Waals surface area contributed by atoms with E-state index < -0.39 is 7.25 Å². The van der Waals surface area contributed by atoms with Gasteiger partial charge in [-0.15, -0.1) is 0 Å². The molecule has 4 aromatic rings. The van der Waals surface area contributed by atoms with Crippen LogP contribution in [-0.2, 0) is 0 Å². The Hall–Kier alpha value is -3.16. The van der Waals surface area contributed by atoms with Crippen LogP contribution in [-0.4, -0.2) is 12.2 Å². The maximum atomic E-state index is 9.75. The zero-order valence-corrected chi connectivity index (χ0v) is 13.4. The molecule has 0 spiro atoms. The number of aromatic nitrogens is 2. The third-order valence-corrected chi connectivity index (χ3v) is 3.42. The van der Waals surface area contributed by atoms with Crippen molar-refractivity contribution in [1.29, 1.82) is 0 Å². The van der Waals surface area contributed by atoms with Crippen LogP contribution in [0.2, 0.25) is 0 Å². The molecule has 0 radical (unpaired) electrons. The number of fused-ring (bicyclic) bond motifs is 1. The summed E-state index contributed by atoms with van der Waals surface area (Å²) in [6.45, 7) is 0. The van der Waals surface area contributed by atoms with Crippen LogP contribution in [0.5, 0.6) is 0 Å². The van der Waals surface area contributed by atoms with Crippen molar-refractivity contribution < 1.29 is 26.2 Å². The second-order valence-electron chi connectivity index (χ2n) is 5.31. The van der Waals surface area contributed by atoms with Crippen LogP contribution in [0.4, 0.5) is 17.3 Å². The van der Waals surface area contributed by atoms with E-state index in [4.69, 9.17) is 4.42 Å². The van der Waals surface area contributed by atoms with Crippen LogP contribution in [0.1, 0.15) is 0 Å². The van der Waals surface area contributed by atoms with Gasteiger partial charge in [0.15, 0.2) is 18.0 Å². The molecule has 0 saturated carbocycles. The standard InChI is InChI=1S/C18H13N2O.BF4/c1-2-6-15(7-3-1)20-12-10-14(11-13-20)18-19-16-8-4-5-9-17(16)21-18;2-1(3,4)5/h1-13H;/q+1;-1. The Labute approximate surface area is 146 Å². The average molecular weight is 360 g/mol. The molecule has 0 aliphatic carbocycles. The van der Waals surface area contributed by atoms with E-state index in [0.717, 1.165) is 22.4 Å². The van der Waals surface area contributed by atoms with E-state index in [1.54, 1.807) is 0 Å². The van der Waals surface area contributed by atoms with Crippen molar-refractivity contribution in [3.05, 3.63) is 79.1 Å². The first kappa shape index (κ1) is 17.7. The van der Waals surface area contributed by atoms with Crippen molar-refractivity contribution in [2.45, 2.75) is 0 Å². The third kappa shape index (κ3) is 4.69. The Morgan fingerprint density at radius 2 is 1.35 bits per heavy atom. The molecule has 0 unspecified atom stereocenters. The Morgan fingerprint density at radius 1 is 0.769 bits per heavy atom. The van der Waals surface area contributed by atoms with Gasteiger partial charge >= 0.3 is 7.25 Å². The quantitative estimate of drug-likeness (QED) is 0.284. The number of oxazole rings is 1. The Morgan fingerprint density at radius 3 is 1.96 bits per heavy atom. The maximum Gasteiger partial charge on any atom is 0.673 e. The lowest BCUT2D eigenvalue weighted by atomic mass is 10.2. The Kier molecular flexibility index (Phi) is 5.02. The monoisotopic (exact) mass is 360 g/mol. The summed E-state index contributed by atoms with van der Waals surface area (Å²) < 4.78 is 46.8. The number of hydrogen-bond acceptors (Lipinski definition) is 2. The van der Waals surface area contributed by atoms with Gasteiger partial charge in [0, 0.05) is 29.8 Å². The number of halogens is 4. The highest BCUT2D eigenvalue weighted by molar-refractivity contribution is 6.50. The molecule has 0 amide bonds. The molecule has 0 saturated heterocycles. The van der Waals surface area contributed by atoms with Crippen molar-refractivity contribution in [2.75, 3.05) is 0 Å². The van der Waals surface area contributed by atoms with E-state index in [2.05, 4.69) is 21.7 Å². The van der Waals surface area contributed by atoms with Crippen LogP contribution in [0.3, 0.4) is 0 Å². The Balaban J connectivity index is 0.000000349. The molecule has 26 heavy (non-hydrogen) atoms. The highest BCUT2D eigenvalue weighted by Crippen LogP contribution is 2.23.